The molecule has 0 amide bonds. The molecule has 0 bridgehead atoms. The minimum atomic E-state index is -1.42. The molecular weight excluding hydrogens is 229 g/mol. The first-order valence-corrected chi connectivity index (χ1v) is 6.21. The smallest absolute Gasteiger partial charge is 0.134 e. The molecule has 1 aromatic rings. The van der Waals surface area contributed by atoms with E-state index in [-0.39, 0.29) is 5.54 Å². The molecule has 0 aliphatic heterocycles. The van der Waals surface area contributed by atoms with E-state index in [2.05, 4.69) is 0 Å². The van der Waals surface area contributed by atoms with Crippen LogP contribution in [0.2, 0.25) is 0 Å². The Hall–Kier alpha value is -1.09. The van der Waals surface area contributed by atoms with Gasteiger partial charge in [-0.15, -0.1) is 0 Å². The van der Waals surface area contributed by atoms with Crippen LogP contribution < -0.4 is 10.5 Å². The third-order valence-electron chi connectivity index (χ3n) is 2.97. The van der Waals surface area contributed by atoms with Gasteiger partial charge in [-0.25, -0.2) is 4.39 Å². The molecule has 0 aliphatic carbocycles. The molecule has 2 N–H and O–H groups in total. The van der Waals surface area contributed by atoms with E-state index in [0.29, 0.717) is 17.7 Å². The third-order valence-corrected chi connectivity index (χ3v) is 2.97. The minimum Gasteiger partial charge on any atom is -0.496 e. The lowest BCUT2D eigenvalue weighted by Crippen LogP contribution is -2.35. The van der Waals surface area contributed by atoms with E-state index >= 15 is 0 Å². The summed E-state index contributed by atoms with van der Waals surface area (Å²) < 4.78 is 19.6. The Bertz CT molecular complexity index is 427. The predicted octanol–water partition coefficient (Wildman–Crippen LogP) is 3.49. The molecule has 0 saturated heterocycles. The van der Waals surface area contributed by atoms with Crippen LogP contribution in [0, 0.1) is 6.92 Å². The van der Waals surface area contributed by atoms with Crippen molar-refractivity contribution in [2.45, 2.75) is 52.2 Å². The lowest BCUT2D eigenvalue weighted by molar-refractivity contribution is 0.213. The van der Waals surface area contributed by atoms with Crippen molar-refractivity contribution in [3.05, 3.63) is 28.8 Å². The molecule has 102 valence electrons. The number of aryl methyl sites for hydroxylation is 1. The number of methoxy groups -OCH3 is 1. The van der Waals surface area contributed by atoms with E-state index in [0.717, 1.165) is 11.1 Å². The molecule has 0 aromatic heterocycles. The molecule has 18 heavy (non-hydrogen) atoms. The van der Waals surface area contributed by atoms with Gasteiger partial charge in [0.1, 0.15) is 11.4 Å². The van der Waals surface area contributed by atoms with E-state index < -0.39 is 5.67 Å². The molecule has 0 aliphatic rings. The molecule has 0 spiro atoms. The second-order valence-electron chi connectivity index (χ2n) is 6.08. The first kappa shape index (κ1) is 15.0. The van der Waals surface area contributed by atoms with Gasteiger partial charge in [0.05, 0.1) is 7.11 Å². The van der Waals surface area contributed by atoms with Crippen LogP contribution in [-0.4, -0.2) is 12.6 Å². The largest absolute Gasteiger partial charge is 0.496 e. The quantitative estimate of drug-likeness (QED) is 0.891. The molecule has 0 saturated carbocycles. The van der Waals surface area contributed by atoms with Gasteiger partial charge in [0.2, 0.25) is 0 Å². The summed E-state index contributed by atoms with van der Waals surface area (Å²) in [7, 11) is 1.58. The molecule has 1 rings (SSSR count). The van der Waals surface area contributed by atoms with Gasteiger partial charge in [0.15, 0.2) is 0 Å². The maximum atomic E-state index is 14.2. The van der Waals surface area contributed by atoms with Gasteiger partial charge in [-0.1, -0.05) is 12.1 Å². The summed E-state index contributed by atoms with van der Waals surface area (Å²) in [6.45, 7) is 8.99. The predicted molar refractivity (Wildman–Crippen MR) is 73.8 cm³/mol. The zero-order chi connectivity index (χ0) is 14.1. The second kappa shape index (κ2) is 4.88. The Kier molecular flexibility index (Phi) is 4.06. The Balaban J connectivity index is 3.40. The van der Waals surface area contributed by atoms with E-state index in [4.69, 9.17) is 10.5 Å². The van der Waals surface area contributed by atoms with Gasteiger partial charge in [0.25, 0.3) is 0 Å². The fourth-order valence-electron chi connectivity index (χ4n) is 2.10. The molecule has 1 aromatic carbocycles. The minimum absolute atomic E-state index is 0.350. The molecule has 0 radical (unpaired) electrons. The summed E-state index contributed by atoms with van der Waals surface area (Å²) in [5.41, 5.74) is 6.95. The highest BCUT2D eigenvalue weighted by atomic mass is 19.1. The monoisotopic (exact) mass is 253 g/mol. The summed E-state index contributed by atoms with van der Waals surface area (Å²) in [6, 6.07) is 3.72. The molecule has 0 unspecified atom stereocenters. The van der Waals surface area contributed by atoms with Gasteiger partial charge in [0, 0.05) is 11.1 Å². The number of nitrogens with two attached hydrogens (primary N) is 1. The van der Waals surface area contributed by atoms with Crippen molar-refractivity contribution in [2.75, 3.05) is 7.11 Å². The highest BCUT2D eigenvalue weighted by molar-refractivity contribution is 5.49. The third kappa shape index (κ3) is 3.45. The number of hydrogen-bond acceptors (Lipinski definition) is 2. The maximum Gasteiger partial charge on any atom is 0.134 e. The second-order valence-corrected chi connectivity index (χ2v) is 6.08. The van der Waals surface area contributed by atoms with Crippen molar-refractivity contribution in [1.82, 2.24) is 0 Å². The van der Waals surface area contributed by atoms with Crippen LogP contribution in [0.1, 0.15) is 44.4 Å². The average Bonchev–Trinajstić information content (AvgIpc) is 2.17. The Morgan fingerprint density at radius 1 is 1.22 bits per heavy atom. The van der Waals surface area contributed by atoms with Gasteiger partial charge < -0.3 is 10.5 Å². The fourth-order valence-corrected chi connectivity index (χ4v) is 2.10. The maximum absolute atomic E-state index is 14.2. The first-order valence-electron chi connectivity index (χ1n) is 6.21. The van der Waals surface area contributed by atoms with Crippen LogP contribution in [0.4, 0.5) is 4.39 Å². The molecule has 0 atom stereocenters. The number of alkyl halides is 1. The van der Waals surface area contributed by atoms with Crippen LogP contribution >= 0.6 is 0 Å². The average molecular weight is 253 g/mol. The molecular formula is C15H24FNO. The number of rotatable bonds is 4. The van der Waals surface area contributed by atoms with Gasteiger partial charge in [-0.05, 0) is 52.2 Å². The molecule has 2 nitrogen and oxygen atoms in total. The Labute approximate surface area is 109 Å². The highest BCUT2D eigenvalue weighted by Crippen LogP contribution is 2.37. The summed E-state index contributed by atoms with van der Waals surface area (Å²) in [4.78, 5) is 0. The van der Waals surface area contributed by atoms with Gasteiger partial charge in [-0.3, -0.25) is 0 Å². The number of hydrogen-bond donors (Lipinski definition) is 1. The summed E-state index contributed by atoms with van der Waals surface area (Å²) in [5.74, 6) is 0.626. The SMILES string of the molecule is COc1c(C(C)(C)F)ccc(C)c1CC(C)(C)N. The van der Waals surface area contributed by atoms with Crippen molar-refractivity contribution in [3.63, 3.8) is 0 Å². The van der Waals surface area contributed by atoms with Gasteiger partial charge >= 0.3 is 0 Å². The molecule has 3 heteroatoms. The Morgan fingerprint density at radius 2 is 1.78 bits per heavy atom. The van der Waals surface area contributed by atoms with Crippen LogP contribution in [0.25, 0.3) is 0 Å². The van der Waals surface area contributed by atoms with Crippen molar-refractivity contribution in [2.24, 2.45) is 5.73 Å². The summed E-state index contributed by atoms with van der Waals surface area (Å²) in [5, 5.41) is 0. The standard InChI is InChI=1S/C15H24FNO/c1-10-7-8-12(15(4,5)16)13(18-6)11(10)9-14(2,3)17/h7-8H,9,17H2,1-6H3. The van der Waals surface area contributed by atoms with Crippen LogP contribution in [0.15, 0.2) is 12.1 Å². The van der Waals surface area contributed by atoms with Crippen molar-refractivity contribution < 1.29 is 9.13 Å². The van der Waals surface area contributed by atoms with Crippen LogP contribution in [0.3, 0.4) is 0 Å². The van der Waals surface area contributed by atoms with Crippen molar-refractivity contribution in [1.29, 1.82) is 0 Å². The van der Waals surface area contributed by atoms with E-state index in [9.17, 15) is 4.39 Å². The van der Waals surface area contributed by atoms with E-state index in [1.54, 1.807) is 13.2 Å². The lowest BCUT2D eigenvalue weighted by atomic mass is 9.88. The zero-order valence-electron chi connectivity index (χ0n) is 12.2. The van der Waals surface area contributed by atoms with Crippen LogP contribution in [-0.2, 0) is 12.1 Å². The Morgan fingerprint density at radius 3 is 2.17 bits per heavy atom. The normalized spacial score (nSPS) is 12.7. The topological polar surface area (TPSA) is 35.2 Å². The zero-order valence-corrected chi connectivity index (χ0v) is 12.2. The molecule has 0 heterocycles. The number of ether oxygens (including phenoxy) is 1. The summed E-state index contributed by atoms with van der Waals surface area (Å²) in [6.07, 6.45) is 0.659. The summed E-state index contributed by atoms with van der Waals surface area (Å²) >= 11 is 0. The lowest BCUT2D eigenvalue weighted by Gasteiger charge is -2.26. The number of halogens is 1. The molecule has 0 fully saturated rings. The van der Waals surface area contributed by atoms with Crippen LogP contribution in [0.5, 0.6) is 5.75 Å². The number of benzene rings is 1. The van der Waals surface area contributed by atoms with Crippen molar-refractivity contribution >= 4 is 0 Å². The van der Waals surface area contributed by atoms with E-state index in [1.165, 1.54) is 13.8 Å². The highest BCUT2D eigenvalue weighted by Gasteiger charge is 2.27. The first-order chi connectivity index (χ1) is 8.06. The van der Waals surface area contributed by atoms with E-state index in [1.807, 2.05) is 26.8 Å². The van der Waals surface area contributed by atoms with Crippen molar-refractivity contribution in [3.8, 4) is 5.75 Å². The fraction of sp³-hybridized carbons (Fsp3) is 0.600. The van der Waals surface area contributed by atoms with Gasteiger partial charge in [-0.2, -0.15) is 0 Å².